The van der Waals surface area contributed by atoms with Crippen LogP contribution in [-0.2, 0) is 11.8 Å². The number of aryl methyl sites for hydroxylation is 2. The molecule has 0 spiro atoms. The van der Waals surface area contributed by atoms with Crippen molar-refractivity contribution >= 4 is 28.9 Å². The fourth-order valence-electron chi connectivity index (χ4n) is 4.32. The van der Waals surface area contributed by atoms with Crippen molar-refractivity contribution in [2.45, 2.75) is 39.3 Å². The highest BCUT2D eigenvalue weighted by Crippen LogP contribution is 2.40. The van der Waals surface area contributed by atoms with Crippen molar-refractivity contribution in [2.24, 2.45) is 7.05 Å². The van der Waals surface area contributed by atoms with Crippen LogP contribution in [0.1, 0.15) is 46.7 Å². The molecule has 3 aromatic rings. The Morgan fingerprint density at radius 1 is 1.16 bits per heavy atom. The number of aromatic nitrogens is 2. The molecular formula is C25H29N5OS. The largest absolute Gasteiger partial charge is 0.352 e. The lowest BCUT2D eigenvalue weighted by Gasteiger charge is -2.28. The van der Waals surface area contributed by atoms with E-state index in [1.807, 2.05) is 49.4 Å². The van der Waals surface area contributed by atoms with E-state index in [0.717, 1.165) is 16.9 Å². The number of hydrogen-bond acceptors (Lipinski definition) is 3. The molecule has 0 radical (unpaired) electrons. The number of nitrogens with zero attached hydrogens (tertiary/aromatic N) is 3. The summed E-state index contributed by atoms with van der Waals surface area (Å²) in [4.78, 5) is 19.5. The quantitative estimate of drug-likeness (QED) is 0.550. The number of para-hydroxylation sites is 1. The highest BCUT2D eigenvalue weighted by Gasteiger charge is 2.41. The Hall–Kier alpha value is -3.19. The molecule has 0 bridgehead atoms. The van der Waals surface area contributed by atoms with Gasteiger partial charge in [0.25, 0.3) is 0 Å². The Bertz CT molecular complexity index is 1140. The molecule has 2 atom stereocenters. The molecule has 1 aliphatic rings. The molecule has 0 saturated carbocycles. The van der Waals surface area contributed by atoms with Crippen molar-refractivity contribution in [1.82, 2.24) is 19.8 Å². The van der Waals surface area contributed by atoms with Gasteiger partial charge in [0.1, 0.15) is 0 Å². The van der Waals surface area contributed by atoms with E-state index in [9.17, 15) is 4.79 Å². The molecule has 2 aromatic heterocycles. The van der Waals surface area contributed by atoms with Gasteiger partial charge in [0.05, 0.1) is 17.8 Å². The van der Waals surface area contributed by atoms with E-state index in [4.69, 9.17) is 12.2 Å². The summed E-state index contributed by atoms with van der Waals surface area (Å²) in [7, 11) is 2.07. The van der Waals surface area contributed by atoms with E-state index >= 15 is 0 Å². The highest BCUT2D eigenvalue weighted by molar-refractivity contribution is 7.80. The Morgan fingerprint density at radius 2 is 1.91 bits per heavy atom. The Balaban J connectivity index is 1.59. The second-order valence-electron chi connectivity index (χ2n) is 8.32. The van der Waals surface area contributed by atoms with E-state index in [1.165, 1.54) is 17.0 Å². The van der Waals surface area contributed by atoms with Gasteiger partial charge in [-0.05, 0) is 68.4 Å². The van der Waals surface area contributed by atoms with Crippen molar-refractivity contribution in [3.8, 4) is 0 Å². The van der Waals surface area contributed by atoms with Gasteiger partial charge in [-0.25, -0.2) is 0 Å². The van der Waals surface area contributed by atoms with Crippen LogP contribution in [0.5, 0.6) is 0 Å². The first-order valence-electron chi connectivity index (χ1n) is 10.8. The number of carbonyl (C=O) groups is 1. The van der Waals surface area contributed by atoms with Gasteiger partial charge in [0.15, 0.2) is 5.11 Å². The van der Waals surface area contributed by atoms with Gasteiger partial charge >= 0.3 is 0 Å². The lowest BCUT2D eigenvalue weighted by molar-refractivity contribution is -0.116. The molecule has 4 rings (SSSR count). The van der Waals surface area contributed by atoms with Crippen LogP contribution in [0, 0.1) is 20.8 Å². The molecule has 1 amide bonds. The molecule has 2 N–H and O–H groups in total. The van der Waals surface area contributed by atoms with Gasteiger partial charge in [0, 0.05) is 43.3 Å². The molecule has 0 unspecified atom stereocenters. The number of benzene rings is 1. The number of pyridine rings is 1. The summed E-state index contributed by atoms with van der Waals surface area (Å²) in [5.74, 6) is -0.0249. The van der Waals surface area contributed by atoms with E-state index in [2.05, 4.69) is 52.0 Å². The molecular weight excluding hydrogens is 418 g/mol. The topological polar surface area (TPSA) is 62.2 Å². The third-order valence-electron chi connectivity index (χ3n) is 6.33. The smallest absolute Gasteiger partial charge is 0.226 e. The normalized spacial score (nSPS) is 18.0. The molecule has 1 saturated heterocycles. The number of thiocarbonyl (C=S) groups is 1. The second-order valence-corrected chi connectivity index (χ2v) is 8.71. The Labute approximate surface area is 194 Å². The van der Waals surface area contributed by atoms with E-state index in [1.54, 1.807) is 6.20 Å². The zero-order chi connectivity index (χ0) is 22.8. The van der Waals surface area contributed by atoms with Crippen LogP contribution in [0.3, 0.4) is 0 Å². The molecule has 166 valence electrons. The van der Waals surface area contributed by atoms with Crippen LogP contribution in [0.25, 0.3) is 0 Å². The summed E-state index contributed by atoms with van der Waals surface area (Å²) >= 11 is 5.73. The standard InChI is InChI=1S/C25H29N5OS/c1-16-9-5-6-10-20(16)27-22(31)12-14-30-24(19-15-17(2)29(4)18(19)3)23(28-25(30)32)21-11-7-8-13-26-21/h5-11,13,15,23-24H,12,14H2,1-4H3,(H,27,31)(H,28,32)/t23-,24+/m1/s1. The number of hydrogen-bond donors (Lipinski definition) is 2. The molecule has 7 heteroatoms. The number of anilines is 1. The molecule has 3 heterocycles. The van der Waals surface area contributed by atoms with Gasteiger partial charge in [-0.3, -0.25) is 9.78 Å². The maximum atomic E-state index is 12.7. The Morgan fingerprint density at radius 3 is 2.56 bits per heavy atom. The zero-order valence-electron chi connectivity index (χ0n) is 18.9. The third-order valence-corrected chi connectivity index (χ3v) is 6.68. The van der Waals surface area contributed by atoms with Gasteiger partial charge in [0.2, 0.25) is 5.91 Å². The summed E-state index contributed by atoms with van der Waals surface area (Å²) in [6.07, 6.45) is 2.14. The minimum absolute atomic E-state index is 0.0249. The van der Waals surface area contributed by atoms with Gasteiger partial charge in [-0.15, -0.1) is 0 Å². The first-order valence-corrected chi connectivity index (χ1v) is 11.2. The van der Waals surface area contributed by atoms with Crippen molar-refractivity contribution in [1.29, 1.82) is 0 Å². The molecule has 32 heavy (non-hydrogen) atoms. The average Bonchev–Trinajstić information content (AvgIpc) is 3.25. The van der Waals surface area contributed by atoms with Crippen LogP contribution in [0.4, 0.5) is 5.69 Å². The van der Waals surface area contributed by atoms with E-state index in [-0.39, 0.29) is 18.0 Å². The predicted octanol–water partition coefficient (Wildman–Crippen LogP) is 4.35. The van der Waals surface area contributed by atoms with Crippen molar-refractivity contribution in [3.05, 3.63) is 82.9 Å². The van der Waals surface area contributed by atoms with Crippen LogP contribution in [0.2, 0.25) is 0 Å². The molecule has 1 aromatic carbocycles. The maximum Gasteiger partial charge on any atom is 0.226 e. The summed E-state index contributed by atoms with van der Waals surface area (Å²) in [5, 5.41) is 7.13. The fraction of sp³-hybridized carbons (Fsp3) is 0.320. The highest BCUT2D eigenvalue weighted by atomic mass is 32.1. The number of carbonyl (C=O) groups excluding carboxylic acids is 1. The third kappa shape index (κ3) is 4.25. The SMILES string of the molecule is Cc1ccccc1NC(=O)CCN1C(=S)N[C@H](c2ccccn2)[C@@H]1c1cc(C)n(C)c1C. The first-order chi connectivity index (χ1) is 15.4. The summed E-state index contributed by atoms with van der Waals surface area (Å²) in [5.41, 5.74) is 6.40. The molecule has 0 aliphatic carbocycles. The van der Waals surface area contributed by atoms with Gasteiger partial charge in [-0.2, -0.15) is 0 Å². The van der Waals surface area contributed by atoms with E-state index < -0.39 is 0 Å². The van der Waals surface area contributed by atoms with Gasteiger partial charge < -0.3 is 20.1 Å². The van der Waals surface area contributed by atoms with Crippen LogP contribution >= 0.6 is 12.2 Å². The first kappa shape index (κ1) is 22.0. The lowest BCUT2D eigenvalue weighted by Crippen LogP contribution is -2.33. The summed E-state index contributed by atoms with van der Waals surface area (Å²) < 4.78 is 2.19. The van der Waals surface area contributed by atoms with Crippen molar-refractivity contribution in [3.63, 3.8) is 0 Å². The monoisotopic (exact) mass is 447 g/mol. The average molecular weight is 448 g/mol. The minimum Gasteiger partial charge on any atom is -0.352 e. The van der Waals surface area contributed by atoms with Crippen LogP contribution < -0.4 is 10.6 Å². The summed E-state index contributed by atoms with van der Waals surface area (Å²) in [6, 6.07) is 15.8. The molecule has 1 fully saturated rings. The Kier molecular flexibility index (Phi) is 6.28. The lowest BCUT2D eigenvalue weighted by atomic mass is 9.96. The molecule has 1 aliphatic heterocycles. The number of amides is 1. The zero-order valence-corrected chi connectivity index (χ0v) is 19.7. The summed E-state index contributed by atoms with van der Waals surface area (Å²) in [6.45, 7) is 6.74. The van der Waals surface area contributed by atoms with E-state index in [0.29, 0.717) is 18.1 Å². The number of nitrogens with one attached hydrogen (secondary N) is 2. The van der Waals surface area contributed by atoms with Crippen molar-refractivity contribution < 1.29 is 4.79 Å². The van der Waals surface area contributed by atoms with Crippen LogP contribution in [-0.4, -0.2) is 32.0 Å². The van der Waals surface area contributed by atoms with Crippen molar-refractivity contribution in [2.75, 3.05) is 11.9 Å². The molecule has 6 nitrogen and oxygen atoms in total. The van der Waals surface area contributed by atoms with Crippen LogP contribution in [0.15, 0.2) is 54.7 Å². The number of rotatable bonds is 6. The van der Waals surface area contributed by atoms with Gasteiger partial charge in [-0.1, -0.05) is 24.3 Å². The fourth-order valence-corrected chi connectivity index (χ4v) is 4.65. The minimum atomic E-state index is -0.0800. The second kappa shape index (κ2) is 9.12. The predicted molar refractivity (Wildman–Crippen MR) is 131 cm³/mol. The maximum absolute atomic E-state index is 12.7.